The third kappa shape index (κ3) is 76.0. The number of carbonyl (C=O) groups is 3. The molecule has 0 heterocycles. The van der Waals surface area contributed by atoms with E-state index in [4.69, 9.17) is 14.2 Å². The van der Waals surface area contributed by atoms with Gasteiger partial charge < -0.3 is 14.2 Å². The normalized spacial score (nSPS) is 10.4. The van der Waals surface area contributed by atoms with Crippen LogP contribution in [0.15, 0.2) is 0 Å². The Morgan fingerprint density at radius 2 is 0.415 bits per heavy atom. The van der Waals surface area contributed by atoms with Gasteiger partial charge in [0.1, 0.15) is 19.8 Å². The molecule has 0 aliphatic carbocycles. The number of hydrogen-bond acceptors (Lipinski definition) is 9. The van der Waals surface area contributed by atoms with E-state index in [1.54, 1.807) is 0 Å². The summed E-state index contributed by atoms with van der Waals surface area (Å²) in [6.45, 7) is 8.14. The third-order valence-electron chi connectivity index (χ3n) is 11.5. The van der Waals surface area contributed by atoms with Crippen LogP contribution in [-0.4, -0.2) is 78.9 Å². The average Bonchev–Trinajstić information content (AvgIpc) is 3.29. The molecule has 0 spiro atoms. The molecule has 0 saturated heterocycles. The van der Waals surface area contributed by atoms with Gasteiger partial charge in [-0.1, -0.05) is 259 Å². The molecule has 4 radical (unpaired) electrons. The van der Waals surface area contributed by atoms with Gasteiger partial charge in [0.25, 0.3) is 0 Å². The summed E-state index contributed by atoms with van der Waals surface area (Å²) >= 11 is 12.0. The second-order valence-electron chi connectivity index (χ2n) is 17.8. The van der Waals surface area contributed by atoms with Gasteiger partial charge in [-0.05, 0) is 19.3 Å². The van der Waals surface area contributed by atoms with E-state index >= 15 is 0 Å². The van der Waals surface area contributed by atoms with E-state index in [0.29, 0.717) is 56.3 Å². The quantitative estimate of drug-likeness (QED) is 0.0185. The molecular formula is C55H112O6S3Sn. The van der Waals surface area contributed by atoms with E-state index < -0.39 is 0 Å². The van der Waals surface area contributed by atoms with Gasteiger partial charge in [0, 0.05) is 60.4 Å². The topological polar surface area (TPSA) is 78.9 Å². The molecule has 0 fully saturated rings. The maximum atomic E-state index is 11.2. The summed E-state index contributed by atoms with van der Waals surface area (Å²) in [5.74, 6) is 1.66. The van der Waals surface area contributed by atoms with Crippen molar-refractivity contribution < 1.29 is 28.6 Å². The van der Waals surface area contributed by atoms with Gasteiger partial charge in [0.05, 0.1) is 0 Å². The molecule has 0 saturated carbocycles. The summed E-state index contributed by atoms with van der Waals surface area (Å²) in [6.07, 6.45) is 53.6. The fourth-order valence-electron chi connectivity index (χ4n) is 7.56. The fourth-order valence-corrected chi connectivity index (χ4v) is 7.83. The molecule has 0 unspecified atom stereocenters. The monoisotopic (exact) mass is 1080 g/mol. The number of hydrogen-bond donors (Lipinski definition) is 3. The summed E-state index contributed by atoms with van der Waals surface area (Å²) in [5, 5.41) is 0. The standard InChI is InChI=1S/3C18H36O2S.CH4.Sn/c3*1-2-3-4-5-6-7-8-9-10-11-12-13-14-15-18(19)20-16-17-21;;/h3*21H,2-17H2,1H3;1H4;. The maximum absolute atomic E-state index is 11.2. The van der Waals surface area contributed by atoms with Crippen molar-refractivity contribution in [3.8, 4) is 0 Å². The molecule has 0 N–H and O–H groups in total. The van der Waals surface area contributed by atoms with Crippen LogP contribution in [0, 0.1) is 0 Å². The van der Waals surface area contributed by atoms with Crippen LogP contribution in [0.5, 0.6) is 0 Å². The summed E-state index contributed by atoms with van der Waals surface area (Å²) in [6, 6.07) is 0. The number of rotatable bonds is 48. The Morgan fingerprint density at radius 3 is 0.554 bits per heavy atom. The van der Waals surface area contributed by atoms with Crippen molar-refractivity contribution in [3.63, 3.8) is 0 Å². The van der Waals surface area contributed by atoms with Gasteiger partial charge >= 0.3 is 17.9 Å². The molecular weight excluding hydrogens is 972 g/mol. The molecule has 0 aliphatic heterocycles. The summed E-state index contributed by atoms with van der Waals surface area (Å²) < 4.78 is 14.9. The minimum atomic E-state index is -0.0628. The smallest absolute Gasteiger partial charge is 0.305 e. The summed E-state index contributed by atoms with van der Waals surface area (Å²) in [4.78, 5) is 33.7. The maximum Gasteiger partial charge on any atom is 0.305 e. The van der Waals surface area contributed by atoms with Gasteiger partial charge in [-0.2, -0.15) is 37.9 Å². The first-order valence-corrected chi connectivity index (χ1v) is 29.1. The number of esters is 3. The number of thiol groups is 3. The minimum absolute atomic E-state index is 0. The van der Waals surface area contributed by atoms with Crippen LogP contribution in [-0.2, 0) is 28.6 Å². The molecule has 0 rings (SSSR count). The van der Waals surface area contributed by atoms with Crippen molar-refractivity contribution in [2.24, 2.45) is 0 Å². The van der Waals surface area contributed by atoms with Gasteiger partial charge in [-0.15, -0.1) is 0 Å². The van der Waals surface area contributed by atoms with E-state index in [-0.39, 0.29) is 49.2 Å². The SMILES string of the molecule is C.CCCCCCCCCCCCCCCC(=O)OCCS.CCCCCCCCCCCCCCCC(=O)OCCS.CCCCCCCCCCCCCCCC(=O)OCCS.[Sn]. The van der Waals surface area contributed by atoms with Crippen LogP contribution < -0.4 is 0 Å². The van der Waals surface area contributed by atoms with Crippen molar-refractivity contribution in [1.82, 2.24) is 0 Å². The molecule has 65 heavy (non-hydrogen) atoms. The first-order valence-electron chi connectivity index (χ1n) is 27.2. The molecule has 0 bridgehead atoms. The van der Waals surface area contributed by atoms with Crippen LogP contribution in [0.4, 0.5) is 0 Å². The van der Waals surface area contributed by atoms with Gasteiger partial charge in [-0.3, -0.25) is 14.4 Å². The Hall–Kier alpha value is 0.259. The Balaban J connectivity index is -0.000000273. The van der Waals surface area contributed by atoms with Crippen molar-refractivity contribution in [1.29, 1.82) is 0 Å². The fraction of sp³-hybridized carbons (Fsp3) is 0.945. The largest absolute Gasteiger partial charge is 0.465 e. The van der Waals surface area contributed by atoms with E-state index in [2.05, 4.69) is 58.7 Å². The van der Waals surface area contributed by atoms with Crippen LogP contribution in [0.2, 0.25) is 0 Å². The van der Waals surface area contributed by atoms with E-state index in [0.717, 1.165) is 38.5 Å². The molecule has 0 aromatic heterocycles. The van der Waals surface area contributed by atoms with Gasteiger partial charge in [0.2, 0.25) is 0 Å². The Kier molecular flexibility index (Phi) is 80.9. The zero-order valence-electron chi connectivity index (χ0n) is 42.7. The zero-order chi connectivity index (χ0) is 46.8. The minimum Gasteiger partial charge on any atom is -0.465 e. The number of carbonyl (C=O) groups excluding carboxylic acids is 3. The number of ether oxygens (including phenoxy) is 3. The molecule has 10 heteroatoms. The van der Waals surface area contributed by atoms with E-state index in [1.165, 1.54) is 212 Å². The zero-order valence-corrected chi connectivity index (χ0v) is 48.3. The predicted octanol–water partition coefficient (Wildman–Crippen LogP) is 18.1. The first-order chi connectivity index (χ1) is 30.9. The molecule has 0 aliphatic rings. The molecule has 0 aromatic carbocycles. The average molecular weight is 1080 g/mol. The van der Waals surface area contributed by atoms with Gasteiger partial charge in [-0.25, -0.2) is 0 Å². The summed E-state index contributed by atoms with van der Waals surface area (Å²) in [5.41, 5.74) is 0. The first kappa shape index (κ1) is 74.2. The second kappa shape index (κ2) is 70.8. The molecule has 0 atom stereocenters. The number of unbranched alkanes of at least 4 members (excludes halogenated alkanes) is 36. The van der Waals surface area contributed by atoms with E-state index in [9.17, 15) is 14.4 Å². The molecule has 6 nitrogen and oxygen atoms in total. The summed E-state index contributed by atoms with van der Waals surface area (Å²) in [7, 11) is 0. The molecule has 390 valence electrons. The second-order valence-corrected chi connectivity index (χ2v) is 19.2. The van der Waals surface area contributed by atoms with Crippen molar-refractivity contribution >= 4 is 79.7 Å². The van der Waals surface area contributed by atoms with Crippen LogP contribution in [0.3, 0.4) is 0 Å². The van der Waals surface area contributed by atoms with Gasteiger partial charge in [0.15, 0.2) is 0 Å². The van der Waals surface area contributed by atoms with Crippen molar-refractivity contribution in [3.05, 3.63) is 0 Å². The van der Waals surface area contributed by atoms with Crippen molar-refractivity contribution in [2.45, 2.75) is 298 Å². The predicted molar refractivity (Wildman–Crippen MR) is 298 cm³/mol. The third-order valence-corrected chi connectivity index (χ3v) is 12.1. The Bertz CT molecular complexity index is 775. The van der Waals surface area contributed by atoms with Crippen LogP contribution in [0.25, 0.3) is 0 Å². The van der Waals surface area contributed by atoms with Crippen molar-refractivity contribution in [2.75, 3.05) is 37.1 Å². The van der Waals surface area contributed by atoms with Crippen LogP contribution in [0.1, 0.15) is 298 Å². The Labute approximate surface area is 440 Å². The van der Waals surface area contributed by atoms with E-state index in [1.807, 2.05) is 0 Å². The molecule has 0 amide bonds. The Morgan fingerprint density at radius 1 is 0.277 bits per heavy atom. The van der Waals surface area contributed by atoms with Crippen LogP contribution >= 0.6 is 37.9 Å². The molecule has 0 aromatic rings.